The van der Waals surface area contributed by atoms with E-state index in [1.807, 2.05) is 0 Å². The summed E-state index contributed by atoms with van der Waals surface area (Å²) in [5.74, 6) is 1.87. The van der Waals surface area contributed by atoms with Crippen molar-refractivity contribution in [2.24, 2.45) is 16.8 Å². The molecule has 0 unspecified atom stereocenters. The minimum atomic E-state index is -4.09. The van der Waals surface area contributed by atoms with Crippen LogP contribution in [-0.4, -0.2) is 83.2 Å². The number of guanidine groups is 1. The standard InChI is InChI=1S/C20H37F3N4O2.HI/c1-24-19(25-8-2-12-29-15-18-6-13-28-14-7-18)26-9-3-17-4-10-27(11-5-17)16-20(21,22)23;/h17-18H,2-16H2,1H3,(H2,24,25,26);1H. The second-order valence-electron chi connectivity index (χ2n) is 8.03. The van der Waals surface area contributed by atoms with Crippen LogP contribution in [0, 0.1) is 11.8 Å². The Morgan fingerprint density at radius 2 is 1.73 bits per heavy atom. The van der Waals surface area contributed by atoms with Crippen LogP contribution in [0.3, 0.4) is 0 Å². The Kier molecular flexibility index (Phi) is 14.3. The van der Waals surface area contributed by atoms with Gasteiger partial charge in [0.2, 0.25) is 0 Å². The molecule has 2 fully saturated rings. The smallest absolute Gasteiger partial charge is 0.381 e. The fourth-order valence-corrected chi connectivity index (χ4v) is 3.85. The molecule has 178 valence electrons. The zero-order valence-corrected chi connectivity index (χ0v) is 20.3. The van der Waals surface area contributed by atoms with Gasteiger partial charge < -0.3 is 20.1 Å². The molecule has 0 aromatic rings. The second-order valence-corrected chi connectivity index (χ2v) is 8.03. The number of nitrogens with one attached hydrogen (secondary N) is 2. The van der Waals surface area contributed by atoms with Crippen molar-refractivity contribution in [1.82, 2.24) is 15.5 Å². The van der Waals surface area contributed by atoms with Crippen molar-refractivity contribution >= 4 is 29.9 Å². The lowest BCUT2D eigenvalue weighted by atomic mass is 9.93. The number of rotatable bonds is 10. The molecule has 0 aromatic carbocycles. The molecule has 0 saturated carbocycles. The summed E-state index contributed by atoms with van der Waals surface area (Å²) in [5.41, 5.74) is 0. The van der Waals surface area contributed by atoms with Crippen molar-refractivity contribution < 1.29 is 22.6 Å². The van der Waals surface area contributed by atoms with Crippen LogP contribution >= 0.6 is 24.0 Å². The average molecular weight is 550 g/mol. The molecule has 2 rings (SSSR count). The predicted molar refractivity (Wildman–Crippen MR) is 124 cm³/mol. The van der Waals surface area contributed by atoms with Gasteiger partial charge in [0.15, 0.2) is 5.96 Å². The number of ether oxygens (including phenoxy) is 2. The van der Waals surface area contributed by atoms with Crippen LogP contribution in [0.1, 0.15) is 38.5 Å². The molecule has 0 radical (unpaired) electrons. The summed E-state index contributed by atoms with van der Waals surface area (Å²) in [5, 5.41) is 6.58. The van der Waals surface area contributed by atoms with Crippen molar-refractivity contribution in [3.05, 3.63) is 0 Å². The fourth-order valence-electron chi connectivity index (χ4n) is 3.85. The average Bonchev–Trinajstić information content (AvgIpc) is 2.70. The first-order valence-electron chi connectivity index (χ1n) is 10.9. The SMILES string of the molecule is CN=C(NCCCOCC1CCOCC1)NCCC1CCN(CC(F)(F)F)CC1.I. The number of hydrogen-bond donors (Lipinski definition) is 2. The Labute approximate surface area is 195 Å². The van der Waals surface area contributed by atoms with Crippen LogP contribution in [-0.2, 0) is 9.47 Å². The zero-order valence-electron chi connectivity index (χ0n) is 18.0. The summed E-state index contributed by atoms with van der Waals surface area (Å²) in [4.78, 5) is 5.73. The van der Waals surface area contributed by atoms with Gasteiger partial charge in [0.1, 0.15) is 0 Å². The van der Waals surface area contributed by atoms with E-state index in [1.54, 1.807) is 7.05 Å². The minimum Gasteiger partial charge on any atom is -0.381 e. The summed E-state index contributed by atoms with van der Waals surface area (Å²) in [6.07, 6.45) is 1.62. The highest BCUT2D eigenvalue weighted by Gasteiger charge is 2.32. The maximum absolute atomic E-state index is 12.4. The van der Waals surface area contributed by atoms with E-state index >= 15 is 0 Å². The van der Waals surface area contributed by atoms with Gasteiger partial charge in [-0.1, -0.05) is 0 Å². The Bertz CT molecular complexity index is 469. The molecule has 2 N–H and O–H groups in total. The van der Waals surface area contributed by atoms with Gasteiger partial charge in [0, 0.05) is 46.6 Å². The normalized spacial score (nSPS) is 20.1. The number of halogens is 4. The molecule has 2 aliphatic heterocycles. The quantitative estimate of drug-likeness (QED) is 0.189. The van der Waals surface area contributed by atoms with E-state index in [9.17, 15) is 13.2 Å². The van der Waals surface area contributed by atoms with Crippen LogP contribution < -0.4 is 10.6 Å². The molecule has 0 amide bonds. The van der Waals surface area contributed by atoms with Crippen LogP contribution in [0.25, 0.3) is 0 Å². The van der Waals surface area contributed by atoms with Gasteiger partial charge in [0.05, 0.1) is 6.54 Å². The molecular formula is C20H38F3IN4O2. The van der Waals surface area contributed by atoms with Gasteiger partial charge in [-0.05, 0) is 63.5 Å². The van der Waals surface area contributed by atoms with Gasteiger partial charge in [-0.3, -0.25) is 9.89 Å². The van der Waals surface area contributed by atoms with Gasteiger partial charge >= 0.3 is 6.18 Å². The Balaban J connectivity index is 0.00000450. The van der Waals surface area contributed by atoms with Crippen LogP contribution in [0.4, 0.5) is 13.2 Å². The van der Waals surface area contributed by atoms with E-state index in [-0.39, 0.29) is 24.0 Å². The third-order valence-corrected chi connectivity index (χ3v) is 5.63. The van der Waals surface area contributed by atoms with Crippen molar-refractivity contribution in [3.63, 3.8) is 0 Å². The third-order valence-electron chi connectivity index (χ3n) is 5.63. The van der Waals surface area contributed by atoms with Crippen molar-refractivity contribution in [2.45, 2.75) is 44.7 Å². The van der Waals surface area contributed by atoms with Crippen molar-refractivity contribution in [3.8, 4) is 0 Å². The fraction of sp³-hybridized carbons (Fsp3) is 0.950. The molecule has 30 heavy (non-hydrogen) atoms. The Morgan fingerprint density at radius 3 is 2.37 bits per heavy atom. The van der Waals surface area contributed by atoms with E-state index in [4.69, 9.17) is 9.47 Å². The lowest BCUT2D eigenvalue weighted by molar-refractivity contribution is -0.148. The summed E-state index contributed by atoms with van der Waals surface area (Å²) in [6, 6.07) is 0. The highest BCUT2D eigenvalue weighted by molar-refractivity contribution is 14.0. The number of hydrogen-bond acceptors (Lipinski definition) is 4. The van der Waals surface area contributed by atoms with E-state index in [1.165, 1.54) is 4.90 Å². The largest absolute Gasteiger partial charge is 0.401 e. The van der Waals surface area contributed by atoms with Gasteiger partial charge in [-0.25, -0.2) is 0 Å². The maximum Gasteiger partial charge on any atom is 0.401 e. The monoisotopic (exact) mass is 550 g/mol. The molecule has 0 bridgehead atoms. The molecule has 2 saturated heterocycles. The van der Waals surface area contributed by atoms with Crippen molar-refractivity contribution in [2.75, 3.05) is 66.2 Å². The number of piperidine rings is 1. The van der Waals surface area contributed by atoms with Crippen molar-refractivity contribution in [1.29, 1.82) is 0 Å². The van der Waals surface area contributed by atoms with Crippen LogP contribution in [0.15, 0.2) is 4.99 Å². The van der Waals surface area contributed by atoms with Gasteiger partial charge in [0.25, 0.3) is 0 Å². The van der Waals surface area contributed by atoms with E-state index in [2.05, 4.69) is 15.6 Å². The third kappa shape index (κ3) is 12.5. The molecule has 10 heteroatoms. The number of aliphatic imine (C=N–C) groups is 1. The van der Waals surface area contributed by atoms with E-state index < -0.39 is 12.7 Å². The topological polar surface area (TPSA) is 58.1 Å². The first-order chi connectivity index (χ1) is 14.0. The Morgan fingerprint density at radius 1 is 1.07 bits per heavy atom. The highest BCUT2D eigenvalue weighted by Crippen LogP contribution is 2.23. The molecular weight excluding hydrogens is 512 g/mol. The van der Waals surface area contributed by atoms with E-state index in [0.717, 1.165) is 84.0 Å². The number of nitrogens with zero attached hydrogens (tertiary/aromatic N) is 2. The number of alkyl halides is 3. The molecule has 6 nitrogen and oxygen atoms in total. The lowest BCUT2D eigenvalue weighted by Gasteiger charge is -2.32. The van der Waals surface area contributed by atoms with Crippen LogP contribution in [0.2, 0.25) is 0 Å². The van der Waals surface area contributed by atoms with E-state index in [0.29, 0.717) is 24.9 Å². The molecule has 0 aliphatic carbocycles. The first-order valence-corrected chi connectivity index (χ1v) is 10.9. The molecule has 0 atom stereocenters. The van der Waals surface area contributed by atoms with Gasteiger partial charge in [-0.15, -0.1) is 24.0 Å². The molecule has 0 spiro atoms. The first kappa shape index (κ1) is 27.7. The minimum absolute atomic E-state index is 0. The zero-order chi connectivity index (χ0) is 21.0. The predicted octanol–water partition coefficient (Wildman–Crippen LogP) is 3.27. The summed E-state index contributed by atoms with van der Waals surface area (Å²) in [6.45, 7) is 5.11. The molecule has 2 heterocycles. The van der Waals surface area contributed by atoms with Crippen LogP contribution in [0.5, 0.6) is 0 Å². The Hall–Kier alpha value is -0.330. The highest BCUT2D eigenvalue weighted by atomic mass is 127. The maximum atomic E-state index is 12.4. The summed E-state index contributed by atoms with van der Waals surface area (Å²) >= 11 is 0. The number of likely N-dealkylation sites (tertiary alicyclic amines) is 1. The second kappa shape index (κ2) is 15.5. The summed E-state index contributed by atoms with van der Waals surface area (Å²) in [7, 11) is 1.74. The molecule has 2 aliphatic rings. The summed E-state index contributed by atoms with van der Waals surface area (Å²) < 4.78 is 48.4. The molecule has 0 aromatic heterocycles. The van der Waals surface area contributed by atoms with Gasteiger partial charge in [-0.2, -0.15) is 13.2 Å². The lowest BCUT2D eigenvalue weighted by Crippen LogP contribution is -2.41.